The lowest BCUT2D eigenvalue weighted by Crippen LogP contribution is -2.33. The van der Waals surface area contributed by atoms with Gasteiger partial charge in [0.25, 0.3) is 11.8 Å². The average molecular weight is 346 g/mol. The average Bonchev–Trinajstić information content (AvgIpc) is 2.83. The van der Waals surface area contributed by atoms with Gasteiger partial charge in [-0.1, -0.05) is 12.1 Å². The monoisotopic (exact) mass is 346 g/mol. The molecule has 0 radical (unpaired) electrons. The third-order valence-corrected chi connectivity index (χ3v) is 4.30. The van der Waals surface area contributed by atoms with E-state index in [-0.39, 0.29) is 18.6 Å². The van der Waals surface area contributed by atoms with Gasteiger partial charge in [0.05, 0.1) is 18.7 Å². The van der Waals surface area contributed by atoms with E-state index in [2.05, 4.69) is 5.32 Å². The maximum absolute atomic E-state index is 13.9. The first-order valence-electron chi connectivity index (χ1n) is 7.85. The number of amides is 2. The van der Waals surface area contributed by atoms with Crippen LogP contribution in [0.4, 0.5) is 4.39 Å². The molecule has 1 saturated heterocycles. The quantitative estimate of drug-likeness (QED) is 0.866. The molecule has 1 aliphatic heterocycles. The van der Waals surface area contributed by atoms with Crippen LogP contribution in [0.3, 0.4) is 0 Å². The number of carbonyl (C=O) groups excluding carboxylic acids is 2. The summed E-state index contributed by atoms with van der Waals surface area (Å²) in [6.45, 7) is 1.40. The van der Waals surface area contributed by atoms with Crippen LogP contribution >= 0.6 is 0 Å². The molecule has 1 unspecified atom stereocenters. The lowest BCUT2D eigenvalue weighted by atomic mass is 10.0. The minimum atomic E-state index is -1.87. The fourth-order valence-corrected chi connectivity index (χ4v) is 3.00. The molecule has 0 aliphatic carbocycles. The van der Waals surface area contributed by atoms with Gasteiger partial charge in [0.2, 0.25) is 0 Å². The number of hydrogen-bond acceptors (Lipinski definition) is 4. The highest BCUT2D eigenvalue weighted by Gasteiger charge is 2.43. The number of primary amides is 1. The van der Waals surface area contributed by atoms with E-state index in [0.29, 0.717) is 11.5 Å². The zero-order valence-corrected chi connectivity index (χ0v) is 14.0. The van der Waals surface area contributed by atoms with E-state index in [0.717, 1.165) is 10.8 Å². The summed E-state index contributed by atoms with van der Waals surface area (Å²) in [4.78, 5) is 23.0. The topological polar surface area (TPSA) is 90.7 Å². The zero-order valence-electron chi connectivity index (χ0n) is 14.0. The van der Waals surface area contributed by atoms with Crippen LogP contribution in [0.2, 0.25) is 0 Å². The molecule has 7 heteroatoms. The maximum atomic E-state index is 13.9. The summed E-state index contributed by atoms with van der Waals surface area (Å²) in [7, 11) is 1.45. The van der Waals surface area contributed by atoms with E-state index in [4.69, 9.17) is 15.2 Å². The van der Waals surface area contributed by atoms with Gasteiger partial charge in [0.1, 0.15) is 18.1 Å². The van der Waals surface area contributed by atoms with Gasteiger partial charge in [-0.3, -0.25) is 9.59 Å². The largest absolute Gasteiger partial charge is 0.496 e. The van der Waals surface area contributed by atoms with Crippen molar-refractivity contribution in [1.82, 2.24) is 5.32 Å². The molecule has 0 saturated carbocycles. The van der Waals surface area contributed by atoms with Gasteiger partial charge < -0.3 is 20.5 Å². The molecule has 1 fully saturated rings. The molecular formula is C18H19FN2O4. The van der Waals surface area contributed by atoms with Gasteiger partial charge in [0, 0.05) is 11.8 Å². The van der Waals surface area contributed by atoms with Crippen molar-refractivity contribution in [2.24, 2.45) is 5.73 Å². The second-order valence-corrected chi connectivity index (χ2v) is 6.28. The van der Waals surface area contributed by atoms with Gasteiger partial charge in [0.15, 0.2) is 5.67 Å². The Hall–Kier alpha value is -2.83. The SMILES string of the molecule is COc1cc2c(OCC3C[C@](C)(F)C(=O)N3)cccc2cc1C(N)=O. The minimum absolute atomic E-state index is 0.0613. The molecule has 0 spiro atoms. The van der Waals surface area contributed by atoms with Gasteiger partial charge in [-0.05, 0) is 30.5 Å². The highest BCUT2D eigenvalue weighted by molar-refractivity contribution is 6.02. The number of benzene rings is 2. The summed E-state index contributed by atoms with van der Waals surface area (Å²) < 4.78 is 24.9. The maximum Gasteiger partial charge on any atom is 0.257 e. The summed E-state index contributed by atoms with van der Waals surface area (Å²) in [5.74, 6) is -0.303. The molecule has 1 heterocycles. The Bertz CT molecular complexity index is 850. The number of methoxy groups -OCH3 is 1. The fraction of sp³-hybridized carbons (Fsp3) is 0.333. The van der Waals surface area contributed by atoms with E-state index in [1.807, 2.05) is 6.07 Å². The van der Waals surface area contributed by atoms with E-state index in [9.17, 15) is 14.0 Å². The molecule has 2 aromatic carbocycles. The van der Waals surface area contributed by atoms with E-state index in [1.165, 1.54) is 14.0 Å². The molecule has 0 bridgehead atoms. The van der Waals surface area contributed by atoms with Crippen LogP contribution in [0.15, 0.2) is 30.3 Å². The Morgan fingerprint density at radius 3 is 2.76 bits per heavy atom. The van der Waals surface area contributed by atoms with Crippen LogP contribution in [-0.2, 0) is 4.79 Å². The Balaban J connectivity index is 1.87. The molecule has 0 aromatic heterocycles. The molecule has 2 aromatic rings. The van der Waals surface area contributed by atoms with Crippen molar-refractivity contribution in [3.8, 4) is 11.5 Å². The van der Waals surface area contributed by atoms with Crippen molar-refractivity contribution >= 4 is 22.6 Å². The fourth-order valence-electron chi connectivity index (χ4n) is 3.00. The summed E-state index contributed by atoms with van der Waals surface area (Å²) in [6, 6.07) is 8.28. The third-order valence-electron chi connectivity index (χ3n) is 4.30. The van der Waals surface area contributed by atoms with Crippen molar-refractivity contribution in [2.75, 3.05) is 13.7 Å². The van der Waals surface area contributed by atoms with Crippen LogP contribution < -0.4 is 20.5 Å². The lowest BCUT2D eigenvalue weighted by Gasteiger charge is -2.15. The summed E-state index contributed by atoms with van der Waals surface area (Å²) in [6.07, 6.45) is 0.0613. The highest BCUT2D eigenvalue weighted by atomic mass is 19.1. The van der Waals surface area contributed by atoms with E-state index < -0.39 is 23.5 Å². The third kappa shape index (κ3) is 3.22. The van der Waals surface area contributed by atoms with E-state index in [1.54, 1.807) is 24.3 Å². The molecule has 2 amide bonds. The van der Waals surface area contributed by atoms with Crippen molar-refractivity contribution in [2.45, 2.75) is 25.1 Å². The summed E-state index contributed by atoms with van der Waals surface area (Å²) in [5.41, 5.74) is 3.79. The first-order valence-corrected chi connectivity index (χ1v) is 7.85. The number of hydrogen-bond donors (Lipinski definition) is 2. The highest BCUT2D eigenvalue weighted by Crippen LogP contribution is 2.32. The smallest absolute Gasteiger partial charge is 0.257 e. The minimum Gasteiger partial charge on any atom is -0.496 e. The van der Waals surface area contributed by atoms with E-state index >= 15 is 0 Å². The standard InChI is InChI=1S/C18H19FN2O4/c1-18(19)8-11(21-17(18)23)9-25-14-5-3-4-10-6-13(16(20)22)15(24-2)7-12(10)14/h3-7,11H,8-9H2,1-2H3,(H2,20,22)(H,21,23)/t11?,18-/m0/s1. The molecule has 3 N–H and O–H groups in total. The molecular weight excluding hydrogens is 327 g/mol. The second-order valence-electron chi connectivity index (χ2n) is 6.28. The first-order chi connectivity index (χ1) is 11.8. The van der Waals surface area contributed by atoms with Gasteiger partial charge in [-0.15, -0.1) is 0 Å². The molecule has 3 rings (SSSR count). The number of nitrogens with one attached hydrogen (secondary N) is 1. The van der Waals surface area contributed by atoms with Crippen LogP contribution in [0.1, 0.15) is 23.7 Å². The molecule has 6 nitrogen and oxygen atoms in total. The van der Waals surface area contributed by atoms with Crippen LogP contribution in [0, 0.1) is 0 Å². The number of alkyl halides is 1. The van der Waals surface area contributed by atoms with Crippen molar-refractivity contribution in [3.05, 3.63) is 35.9 Å². The van der Waals surface area contributed by atoms with Crippen LogP contribution in [0.25, 0.3) is 10.8 Å². The van der Waals surface area contributed by atoms with Gasteiger partial charge in [-0.25, -0.2) is 4.39 Å². The number of ether oxygens (including phenoxy) is 2. The summed E-state index contributed by atoms with van der Waals surface area (Å²) >= 11 is 0. The zero-order chi connectivity index (χ0) is 18.2. The second kappa shape index (κ2) is 6.23. The Morgan fingerprint density at radius 2 is 2.16 bits per heavy atom. The van der Waals surface area contributed by atoms with Crippen LogP contribution in [-0.4, -0.2) is 37.2 Å². The Labute approximate surface area is 144 Å². The Kier molecular flexibility index (Phi) is 4.24. The lowest BCUT2D eigenvalue weighted by molar-refractivity contribution is -0.128. The number of rotatable bonds is 5. The van der Waals surface area contributed by atoms with Crippen molar-refractivity contribution < 1.29 is 23.5 Å². The molecule has 132 valence electrons. The predicted molar refractivity (Wildman–Crippen MR) is 90.6 cm³/mol. The predicted octanol–water partition coefficient (Wildman–Crippen LogP) is 1.94. The molecule has 25 heavy (non-hydrogen) atoms. The summed E-state index contributed by atoms with van der Waals surface area (Å²) in [5, 5.41) is 4.08. The first kappa shape index (κ1) is 17.0. The van der Waals surface area contributed by atoms with Crippen molar-refractivity contribution in [3.63, 3.8) is 0 Å². The Morgan fingerprint density at radius 1 is 1.40 bits per heavy atom. The van der Waals surface area contributed by atoms with Gasteiger partial charge >= 0.3 is 0 Å². The van der Waals surface area contributed by atoms with Crippen LogP contribution in [0.5, 0.6) is 11.5 Å². The normalized spacial score (nSPS) is 22.7. The number of nitrogens with two attached hydrogens (primary N) is 1. The number of carbonyl (C=O) groups is 2. The van der Waals surface area contributed by atoms with Crippen molar-refractivity contribution in [1.29, 1.82) is 0 Å². The number of halogens is 1. The molecule has 2 atom stereocenters. The van der Waals surface area contributed by atoms with Gasteiger partial charge in [-0.2, -0.15) is 0 Å². The number of fused-ring (bicyclic) bond motifs is 1. The molecule has 1 aliphatic rings.